The van der Waals surface area contributed by atoms with E-state index in [-0.39, 0.29) is 5.91 Å². The summed E-state index contributed by atoms with van der Waals surface area (Å²) >= 11 is 0. The van der Waals surface area contributed by atoms with Crippen molar-refractivity contribution in [3.8, 4) is 11.5 Å². The van der Waals surface area contributed by atoms with Crippen molar-refractivity contribution in [2.45, 2.75) is 19.9 Å². The molecule has 6 nitrogen and oxygen atoms in total. The van der Waals surface area contributed by atoms with Crippen molar-refractivity contribution in [2.75, 3.05) is 39.9 Å². The third-order valence-electron chi connectivity index (χ3n) is 4.65. The predicted octanol–water partition coefficient (Wildman–Crippen LogP) is 2.44. The first-order valence-electron chi connectivity index (χ1n) is 8.65. The second-order valence-electron chi connectivity index (χ2n) is 6.42. The summed E-state index contributed by atoms with van der Waals surface area (Å²) in [4.78, 5) is 21.5. The molecule has 0 N–H and O–H groups in total. The number of hydrogen-bond acceptors (Lipinski definition) is 5. The molecule has 0 spiro atoms. The average molecular weight is 343 g/mol. The standard InChI is InChI=1S/C19H25N3O3/c1-14(13-24-3)21-9-11-22(12-10-21)19(23)17-15(2)25-18(20-17)16-7-5-4-6-8-16/h4-8,14H,9-13H2,1-3H3/t14-/m1/s1. The molecule has 1 aromatic carbocycles. The van der Waals surface area contributed by atoms with E-state index in [0.29, 0.717) is 43.1 Å². The number of oxazole rings is 1. The van der Waals surface area contributed by atoms with Gasteiger partial charge in [0.2, 0.25) is 5.89 Å². The fourth-order valence-electron chi connectivity index (χ4n) is 3.16. The molecule has 0 aliphatic carbocycles. The zero-order valence-corrected chi connectivity index (χ0v) is 15.1. The Bertz CT molecular complexity index is 706. The molecule has 2 aromatic rings. The predicted molar refractivity (Wildman–Crippen MR) is 95.5 cm³/mol. The molecule has 1 aromatic heterocycles. The van der Waals surface area contributed by atoms with Crippen LogP contribution in [0.4, 0.5) is 0 Å². The number of nitrogens with zero attached hydrogens (tertiary/aromatic N) is 3. The number of carbonyl (C=O) groups is 1. The summed E-state index contributed by atoms with van der Waals surface area (Å²) in [6.07, 6.45) is 0. The van der Waals surface area contributed by atoms with Crippen LogP contribution < -0.4 is 0 Å². The zero-order chi connectivity index (χ0) is 17.8. The van der Waals surface area contributed by atoms with E-state index in [1.54, 1.807) is 14.0 Å². The van der Waals surface area contributed by atoms with Crippen LogP contribution in [0.3, 0.4) is 0 Å². The van der Waals surface area contributed by atoms with Gasteiger partial charge in [-0.15, -0.1) is 0 Å². The minimum Gasteiger partial charge on any atom is -0.441 e. The Morgan fingerprint density at radius 3 is 2.56 bits per heavy atom. The van der Waals surface area contributed by atoms with Crippen LogP contribution in [0, 0.1) is 6.92 Å². The second-order valence-corrected chi connectivity index (χ2v) is 6.42. The largest absolute Gasteiger partial charge is 0.441 e. The highest BCUT2D eigenvalue weighted by Gasteiger charge is 2.28. The van der Waals surface area contributed by atoms with Gasteiger partial charge in [0, 0.05) is 44.9 Å². The van der Waals surface area contributed by atoms with Gasteiger partial charge < -0.3 is 14.1 Å². The Balaban J connectivity index is 1.67. The highest BCUT2D eigenvalue weighted by Crippen LogP contribution is 2.22. The van der Waals surface area contributed by atoms with Gasteiger partial charge in [-0.25, -0.2) is 4.98 Å². The monoisotopic (exact) mass is 343 g/mol. The minimum atomic E-state index is -0.0533. The van der Waals surface area contributed by atoms with E-state index in [9.17, 15) is 4.79 Å². The fourth-order valence-corrected chi connectivity index (χ4v) is 3.16. The highest BCUT2D eigenvalue weighted by atomic mass is 16.5. The number of aromatic nitrogens is 1. The molecule has 6 heteroatoms. The van der Waals surface area contributed by atoms with Crippen LogP contribution in [0.25, 0.3) is 11.5 Å². The summed E-state index contributed by atoms with van der Waals surface area (Å²) in [6.45, 7) is 7.73. The van der Waals surface area contributed by atoms with Crippen molar-refractivity contribution in [1.29, 1.82) is 0 Å². The summed E-state index contributed by atoms with van der Waals surface area (Å²) in [5, 5.41) is 0. The number of piperazine rings is 1. The van der Waals surface area contributed by atoms with E-state index in [2.05, 4.69) is 16.8 Å². The van der Waals surface area contributed by atoms with Gasteiger partial charge in [0.15, 0.2) is 5.69 Å². The third kappa shape index (κ3) is 3.91. The van der Waals surface area contributed by atoms with Crippen LogP contribution in [-0.4, -0.2) is 66.6 Å². The highest BCUT2D eigenvalue weighted by molar-refractivity contribution is 5.93. The molecule has 2 heterocycles. The van der Waals surface area contributed by atoms with Gasteiger partial charge in [0.05, 0.1) is 6.61 Å². The van der Waals surface area contributed by atoms with Gasteiger partial charge in [-0.05, 0) is 26.0 Å². The Hall–Kier alpha value is -2.18. The smallest absolute Gasteiger partial charge is 0.276 e. The first-order valence-corrected chi connectivity index (χ1v) is 8.65. The Labute approximate surface area is 148 Å². The maximum absolute atomic E-state index is 12.8. The number of benzene rings is 1. The molecular formula is C19H25N3O3. The maximum atomic E-state index is 12.8. The fraction of sp³-hybridized carbons (Fsp3) is 0.474. The van der Waals surface area contributed by atoms with Crippen molar-refractivity contribution in [3.63, 3.8) is 0 Å². The molecule has 0 saturated carbocycles. The van der Waals surface area contributed by atoms with Crippen molar-refractivity contribution in [3.05, 3.63) is 41.8 Å². The van der Waals surface area contributed by atoms with Gasteiger partial charge >= 0.3 is 0 Å². The maximum Gasteiger partial charge on any atom is 0.276 e. The molecule has 3 rings (SSSR count). The SMILES string of the molecule is COC[C@@H](C)N1CCN(C(=O)c2nc(-c3ccccc3)oc2C)CC1. The topological polar surface area (TPSA) is 58.8 Å². The van der Waals surface area contributed by atoms with Crippen LogP contribution >= 0.6 is 0 Å². The number of methoxy groups -OCH3 is 1. The van der Waals surface area contributed by atoms with Crippen molar-refractivity contribution >= 4 is 5.91 Å². The minimum absolute atomic E-state index is 0.0533. The van der Waals surface area contributed by atoms with Crippen molar-refractivity contribution < 1.29 is 13.9 Å². The summed E-state index contributed by atoms with van der Waals surface area (Å²) < 4.78 is 10.9. The third-order valence-corrected chi connectivity index (χ3v) is 4.65. The Morgan fingerprint density at radius 1 is 1.24 bits per heavy atom. The van der Waals surface area contributed by atoms with Crippen LogP contribution in [0.15, 0.2) is 34.7 Å². The van der Waals surface area contributed by atoms with Gasteiger partial charge in [0.1, 0.15) is 5.76 Å². The average Bonchev–Trinajstić information content (AvgIpc) is 3.04. The normalized spacial score (nSPS) is 16.8. The zero-order valence-electron chi connectivity index (χ0n) is 15.1. The molecule has 1 aliphatic heterocycles. The molecule has 1 aliphatic rings. The van der Waals surface area contributed by atoms with Crippen molar-refractivity contribution in [2.24, 2.45) is 0 Å². The number of hydrogen-bond donors (Lipinski definition) is 0. The lowest BCUT2D eigenvalue weighted by Crippen LogP contribution is -2.52. The summed E-state index contributed by atoms with van der Waals surface area (Å²) in [7, 11) is 1.72. The molecule has 1 amide bonds. The first-order chi connectivity index (χ1) is 12.1. The van der Waals surface area contributed by atoms with Crippen LogP contribution in [-0.2, 0) is 4.74 Å². The lowest BCUT2D eigenvalue weighted by molar-refractivity contribution is 0.0444. The molecule has 1 saturated heterocycles. The molecular weight excluding hydrogens is 318 g/mol. The molecule has 1 atom stereocenters. The van der Waals surface area contributed by atoms with Crippen LogP contribution in [0.5, 0.6) is 0 Å². The molecule has 0 bridgehead atoms. The summed E-state index contributed by atoms with van der Waals surface area (Å²) in [5.74, 6) is 1.01. The van der Waals surface area contributed by atoms with Crippen LogP contribution in [0.1, 0.15) is 23.2 Å². The van der Waals surface area contributed by atoms with E-state index < -0.39 is 0 Å². The molecule has 25 heavy (non-hydrogen) atoms. The summed E-state index contributed by atoms with van der Waals surface area (Å²) in [5.41, 5.74) is 1.29. The van der Waals surface area contributed by atoms with Crippen molar-refractivity contribution in [1.82, 2.24) is 14.8 Å². The number of carbonyl (C=O) groups excluding carboxylic acids is 1. The van der Waals surface area contributed by atoms with E-state index in [0.717, 1.165) is 18.7 Å². The van der Waals surface area contributed by atoms with Gasteiger partial charge in [-0.2, -0.15) is 0 Å². The Kier molecular flexibility index (Phi) is 5.50. The summed E-state index contributed by atoms with van der Waals surface area (Å²) in [6, 6.07) is 10.0. The molecule has 0 radical (unpaired) electrons. The Morgan fingerprint density at radius 2 is 1.92 bits per heavy atom. The van der Waals surface area contributed by atoms with Gasteiger partial charge in [-0.1, -0.05) is 18.2 Å². The lowest BCUT2D eigenvalue weighted by Gasteiger charge is -2.37. The van der Waals surface area contributed by atoms with E-state index in [1.807, 2.05) is 35.2 Å². The quantitative estimate of drug-likeness (QED) is 0.834. The van der Waals surface area contributed by atoms with Gasteiger partial charge in [-0.3, -0.25) is 9.69 Å². The molecule has 134 valence electrons. The lowest BCUT2D eigenvalue weighted by atomic mass is 10.2. The van der Waals surface area contributed by atoms with E-state index >= 15 is 0 Å². The number of rotatable bonds is 5. The first kappa shape index (κ1) is 17.6. The number of aryl methyl sites for hydroxylation is 1. The number of amides is 1. The molecule has 1 fully saturated rings. The number of ether oxygens (including phenoxy) is 1. The van der Waals surface area contributed by atoms with Crippen LogP contribution in [0.2, 0.25) is 0 Å². The molecule has 0 unspecified atom stereocenters. The van der Waals surface area contributed by atoms with E-state index in [1.165, 1.54) is 0 Å². The van der Waals surface area contributed by atoms with Gasteiger partial charge in [0.25, 0.3) is 5.91 Å². The second kappa shape index (κ2) is 7.80. The van der Waals surface area contributed by atoms with E-state index in [4.69, 9.17) is 9.15 Å².